The molecule has 0 amide bonds. The molecule has 0 bridgehead atoms. The van der Waals surface area contributed by atoms with Crippen molar-refractivity contribution in [2.75, 3.05) is 7.05 Å². The van der Waals surface area contributed by atoms with Crippen LogP contribution in [0.5, 0.6) is 0 Å². The summed E-state index contributed by atoms with van der Waals surface area (Å²) in [6.07, 6.45) is 6.26. The standard InChI is InChI=1S/C12H17F2N3/c1-15-10(11-8-16-4-5-17-11)6-9-2-3-12(13,14)7-9/h4-5,8-10,15H,2-3,6-7H2,1H3. The van der Waals surface area contributed by atoms with Crippen molar-refractivity contribution in [3.05, 3.63) is 24.3 Å². The molecule has 2 rings (SSSR count). The van der Waals surface area contributed by atoms with E-state index in [2.05, 4.69) is 15.3 Å². The number of nitrogens with zero attached hydrogens (tertiary/aromatic N) is 2. The molecule has 1 aromatic rings. The Balaban J connectivity index is 1.97. The van der Waals surface area contributed by atoms with Crippen LogP contribution in [0.4, 0.5) is 8.78 Å². The molecule has 1 fully saturated rings. The van der Waals surface area contributed by atoms with E-state index < -0.39 is 5.92 Å². The van der Waals surface area contributed by atoms with Gasteiger partial charge in [-0.25, -0.2) is 8.78 Å². The van der Waals surface area contributed by atoms with Crippen LogP contribution in [0.25, 0.3) is 0 Å². The molecule has 1 aliphatic rings. The molecule has 1 N–H and O–H groups in total. The second-order valence-electron chi connectivity index (χ2n) is 4.67. The fourth-order valence-corrected chi connectivity index (χ4v) is 2.45. The van der Waals surface area contributed by atoms with E-state index in [0.717, 1.165) is 5.69 Å². The van der Waals surface area contributed by atoms with E-state index in [1.54, 1.807) is 18.6 Å². The van der Waals surface area contributed by atoms with Crippen molar-refractivity contribution >= 4 is 0 Å². The van der Waals surface area contributed by atoms with Crippen LogP contribution in [0.15, 0.2) is 18.6 Å². The Hall–Kier alpha value is -1.10. The summed E-state index contributed by atoms with van der Waals surface area (Å²) in [4.78, 5) is 8.22. The molecule has 1 heterocycles. The Morgan fingerprint density at radius 1 is 1.53 bits per heavy atom. The lowest BCUT2D eigenvalue weighted by atomic mass is 9.96. The zero-order valence-electron chi connectivity index (χ0n) is 9.87. The number of nitrogens with one attached hydrogen (secondary N) is 1. The fraction of sp³-hybridized carbons (Fsp3) is 0.667. The van der Waals surface area contributed by atoms with Crippen LogP contribution < -0.4 is 5.32 Å². The summed E-state index contributed by atoms with van der Waals surface area (Å²) in [5, 5.41) is 3.13. The maximum absolute atomic E-state index is 13.1. The first-order valence-corrected chi connectivity index (χ1v) is 5.92. The van der Waals surface area contributed by atoms with Crippen LogP contribution >= 0.6 is 0 Å². The second-order valence-corrected chi connectivity index (χ2v) is 4.67. The Morgan fingerprint density at radius 2 is 2.35 bits per heavy atom. The van der Waals surface area contributed by atoms with E-state index in [4.69, 9.17) is 0 Å². The molecule has 3 nitrogen and oxygen atoms in total. The quantitative estimate of drug-likeness (QED) is 0.880. The molecule has 0 spiro atoms. The summed E-state index contributed by atoms with van der Waals surface area (Å²) >= 11 is 0. The Kier molecular flexibility index (Phi) is 3.66. The third-order valence-electron chi connectivity index (χ3n) is 3.36. The van der Waals surface area contributed by atoms with Crippen molar-refractivity contribution in [1.29, 1.82) is 0 Å². The number of alkyl halides is 2. The molecule has 0 radical (unpaired) electrons. The predicted molar refractivity (Wildman–Crippen MR) is 60.7 cm³/mol. The van der Waals surface area contributed by atoms with E-state index in [0.29, 0.717) is 12.8 Å². The number of aromatic nitrogens is 2. The van der Waals surface area contributed by atoms with E-state index in [1.807, 2.05) is 7.05 Å². The topological polar surface area (TPSA) is 37.8 Å². The molecule has 0 aliphatic heterocycles. The highest BCUT2D eigenvalue weighted by Gasteiger charge is 2.40. The zero-order valence-corrected chi connectivity index (χ0v) is 9.87. The first-order chi connectivity index (χ1) is 8.11. The van der Waals surface area contributed by atoms with Crippen LogP contribution in [0, 0.1) is 5.92 Å². The van der Waals surface area contributed by atoms with Crippen LogP contribution in [-0.2, 0) is 0 Å². The minimum atomic E-state index is -2.47. The third-order valence-corrected chi connectivity index (χ3v) is 3.36. The highest BCUT2D eigenvalue weighted by atomic mass is 19.3. The van der Waals surface area contributed by atoms with Gasteiger partial charge in [-0.15, -0.1) is 0 Å². The smallest absolute Gasteiger partial charge is 0.248 e. The van der Waals surface area contributed by atoms with Crippen molar-refractivity contribution < 1.29 is 8.78 Å². The Labute approximate surface area is 99.7 Å². The fourth-order valence-electron chi connectivity index (χ4n) is 2.45. The van der Waals surface area contributed by atoms with Crippen LogP contribution in [0.3, 0.4) is 0 Å². The maximum atomic E-state index is 13.1. The van der Waals surface area contributed by atoms with Gasteiger partial charge in [0.2, 0.25) is 5.92 Å². The average molecular weight is 241 g/mol. The summed E-state index contributed by atoms with van der Waals surface area (Å²) < 4.78 is 26.2. The van der Waals surface area contributed by atoms with Crippen LogP contribution in [-0.4, -0.2) is 22.9 Å². The van der Waals surface area contributed by atoms with E-state index in [1.165, 1.54) is 0 Å². The summed E-state index contributed by atoms with van der Waals surface area (Å²) in [7, 11) is 1.83. The van der Waals surface area contributed by atoms with Crippen LogP contribution in [0.1, 0.15) is 37.4 Å². The van der Waals surface area contributed by atoms with Gasteiger partial charge in [-0.1, -0.05) is 0 Å². The lowest BCUT2D eigenvalue weighted by Crippen LogP contribution is -2.21. The number of hydrogen-bond donors (Lipinski definition) is 1. The van der Waals surface area contributed by atoms with Gasteiger partial charge < -0.3 is 5.32 Å². The maximum Gasteiger partial charge on any atom is 0.248 e. The minimum absolute atomic E-state index is 0.00540. The normalized spacial score (nSPS) is 24.8. The second kappa shape index (κ2) is 5.04. The van der Waals surface area contributed by atoms with Crippen molar-refractivity contribution in [3.8, 4) is 0 Å². The molecule has 1 aliphatic carbocycles. The molecule has 2 atom stereocenters. The summed E-state index contributed by atoms with van der Waals surface area (Å²) in [6, 6.07) is 0.0163. The molecular formula is C12H17F2N3. The molecular weight excluding hydrogens is 224 g/mol. The zero-order chi connectivity index (χ0) is 12.3. The van der Waals surface area contributed by atoms with Crippen molar-refractivity contribution in [2.24, 2.45) is 5.92 Å². The number of hydrogen-bond acceptors (Lipinski definition) is 3. The number of rotatable bonds is 4. The minimum Gasteiger partial charge on any atom is -0.312 e. The van der Waals surface area contributed by atoms with Crippen molar-refractivity contribution in [1.82, 2.24) is 15.3 Å². The third kappa shape index (κ3) is 3.19. The Bertz CT molecular complexity index is 356. The van der Waals surface area contributed by atoms with Gasteiger partial charge in [-0.05, 0) is 25.8 Å². The lowest BCUT2D eigenvalue weighted by molar-refractivity contribution is 0.00431. The molecule has 0 saturated heterocycles. The number of halogens is 2. The molecule has 1 aromatic heterocycles. The van der Waals surface area contributed by atoms with Gasteiger partial charge in [0.1, 0.15) is 0 Å². The molecule has 0 aromatic carbocycles. The lowest BCUT2D eigenvalue weighted by Gasteiger charge is -2.19. The molecule has 5 heteroatoms. The molecule has 2 unspecified atom stereocenters. The summed E-state index contributed by atoms with van der Waals surface area (Å²) in [5.74, 6) is -2.39. The highest BCUT2D eigenvalue weighted by molar-refractivity contribution is 5.03. The van der Waals surface area contributed by atoms with Gasteiger partial charge in [0.05, 0.1) is 11.7 Å². The largest absolute Gasteiger partial charge is 0.312 e. The SMILES string of the molecule is CNC(CC1CCC(F)(F)C1)c1cnccn1. The van der Waals surface area contributed by atoms with E-state index in [9.17, 15) is 8.78 Å². The van der Waals surface area contributed by atoms with Gasteiger partial charge in [0.15, 0.2) is 0 Å². The first-order valence-electron chi connectivity index (χ1n) is 5.92. The molecule has 94 valence electrons. The van der Waals surface area contributed by atoms with Gasteiger partial charge >= 0.3 is 0 Å². The van der Waals surface area contributed by atoms with Crippen molar-refractivity contribution in [3.63, 3.8) is 0 Å². The monoisotopic (exact) mass is 241 g/mol. The molecule has 17 heavy (non-hydrogen) atoms. The van der Waals surface area contributed by atoms with E-state index in [-0.39, 0.29) is 24.8 Å². The van der Waals surface area contributed by atoms with E-state index >= 15 is 0 Å². The first kappa shape index (κ1) is 12.4. The van der Waals surface area contributed by atoms with Gasteiger partial charge in [-0.2, -0.15) is 0 Å². The Morgan fingerprint density at radius 3 is 2.88 bits per heavy atom. The predicted octanol–water partition coefficient (Wildman–Crippen LogP) is 2.56. The van der Waals surface area contributed by atoms with Crippen molar-refractivity contribution in [2.45, 2.75) is 37.6 Å². The average Bonchev–Trinajstić information content (AvgIpc) is 2.67. The summed E-state index contributed by atoms with van der Waals surface area (Å²) in [6.45, 7) is 0. The van der Waals surface area contributed by atoms with Crippen LogP contribution in [0.2, 0.25) is 0 Å². The molecule has 1 saturated carbocycles. The van der Waals surface area contributed by atoms with Gasteiger partial charge in [-0.3, -0.25) is 9.97 Å². The van der Waals surface area contributed by atoms with Gasteiger partial charge in [0, 0.05) is 31.4 Å². The summed E-state index contributed by atoms with van der Waals surface area (Å²) in [5.41, 5.74) is 0.824. The highest BCUT2D eigenvalue weighted by Crippen LogP contribution is 2.42. The van der Waals surface area contributed by atoms with Gasteiger partial charge in [0.25, 0.3) is 0 Å².